The molecule has 3 nitrogen and oxygen atoms in total. The number of nitriles is 1. The summed E-state index contributed by atoms with van der Waals surface area (Å²) >= 11 is 0. The third kappa shape index (κ3) is 23.4. The summed E-state index contributed by atoms with van der Waals surface area (Å²) in [6.07, 6.45) is -54.8. The number of anilines is 2. The molecule has 12 rings (SSSR count). The summed E-state index contributed by atoms with van der Waals surface area (Å²) in [6, 6.07) is 41.6. The van der Waals surface area contributed by atoms with Crippen molar-refractivity contribution in [3.63, 3.8) is 0 Å². The quantitative estimate of drug-likeness (QED) is 0.0592. The molecule has 0 radical (unpaired) electrons. The second kappa shape index (κ2) is 36.5. The van der Waals surface area contributed by atoms with Crippen molar-refractivity contribution in [2.75, 3.05) is 9.80 Å². The van der Waals surface area contributed by atoms with E-state index in [-0.39, 0.29) is 49.5 Å². The average Bonchev–Trinajstić information content (AvgIpc) is 1.10. The van der Waals surface area contributed by atoms with E-state index in [4.69, 9.17) is 5.26 Å². The second-order valence-electron chi connectivity index (χ2n) is 36.0. The number of halogens is 24. The van der Waals surface area contributed by atoms with Crippen LogP contribution in [-0.2, 0) is 91.5 Å². The molecule has 0 N–H and O–H groups in total. The fraction of sp³-hybridized carbons (Fsp3) is 0.361. The van der Waals surface area contributed by atoms with E-state index < -0.39 is 195 Å². The molecule has 126 heavy (non-hydrogen) atoms. The van der Waals surface area contributed by atoms with Gasteiger partial charge in [0, 0.05) is 53.3 Å². The molecular weight excluding hydrogens is 1780 g/mol. The predicted octanol–water partition coefficient (Wildman–Crippen LogP) is 29.2. The molecule has 0 amide bonds. The normalized spacial score (nSPS) is 16.0. The second-order valence-corrected chi connectivity index (χ2v) is 36.0. The number of benzene rings is 10. The maximum atomic E-state index is 14.2. The first kappa shape index (κ1) is 103. The van der Waals surface area contributed by atoms with Crippen molar-refractivity contribution < 1.29 is 126 Å². The third-order valence-corrected chi connectivity index (χ3v) is 22.7. The maximum absolute atomic E-state index is 14.2. The summed E-state index contributed by atoms with van der Waals surface area (Å²) in [7, 11) is 0. The molecule has 4 atom stereocenters. The van der Waals surface area contributed by atoms with Crippen LogP contribution in [0.5, 0.6) is 0 Å². The molecule has 10 aromatic carbocycles. The Morgan fingerprint density at radius 2 is 0.389 bits per heavy atom. The van der Waals surface area contributed by atoms with Crippen LogP contribution in [0.1, 0.15) is 196 Å². The van der Waals surface area contributed by atoms with E-state index in [2.05, 4.69) is 256 Å². The number of alkyl halides is 24. The summed E-state index contributed by atoms with van der Waals surface area (Å²) in [6.45, 7) is 42.5. The molecule has 0 aliphatic carbocycles. The molecule has 0 saturated carbocycles. The van der Waals surface area contributed by atoms with Crippen molar-refractivity contribution in [1.82, 2.24) is 0 Å². The van der Waals surface area contributed by atoms with Crippen LogP contribution >= 0.6 is 0 Å². The Balaban J connectivity index is 0.000000269. The van der Waals surface area contributed by atoms with Crippen LogP contribution in [0, 0.1) is 32.6 Å². The van der Waals surface area contributed by atoms with Gasteiger partial charge in [-0.15, -0.1) is 0 Å². The average molecular weight is 1880 g/mol. The first-order valence-electron chi connectivity index (χ1n) is 39.4. The molecule has 10 aromatic rings. The minimum Gasteiger partial charge on any atom is -0.361 e. The van der Waals surface area contributed by atoms with Gasteiger partial charge in [-0.1, -0.05) is 229 Å². The Hall–Kier alpha value is -9.66. The first-order valence-corrected chi connectivity index (χ1v) is 39.4. The number of aryl methyl sites for hydroxylation is 2. The van der Waals surface area contributed by atoms with Crippen LogP contribution in [0.3, 0.4) is 0 Å². The molecule has 29 heteroatoms. The standard InChI is InChI=1S/C32H12BF24.2C31H39N.C2H3N.CH3.Pd/c34-25(35,36)13-1-14(26(37,38)39)6-21(5-13)33(22-7-15(27(40,41)42)2-16(8-22)28(43,44)45,23-9-17(29(46,47)48)3-18(10-23)30(49,50)51)24-11-19(31(52,53)54)4-20(12-24)32(55,56)57;2*1-20-18-27(23-10-14-25(15-11-23)30(4,5)6)29(32-21(2)22(32)3)28(19-20)24-12-16-26(17-13-24)31(7,8)9;1-2-3;;/h1-12H;2*10-19,21-22H,1-9H3;1H3;1H3;/q-1;;;;-1;+2. The number of hydrogen-bond acceptors (Lipinski definition) is 3. The van der Waals surface area contributed by atoms with Crippen LogP contribution in [-0.4, -0.2) is 30.3 Å². The van der Waals surface area contributed by atoms with Crippen molar-refractivity contribution >= 4 is 39.4 Å². The smallest absolute Gasteiger partial charge is 0.361 e. The molecule has 4 unspecified atom stereocenters. The van der Waals surface area contributed by atoms with E-state index in [0.717, 1.165) is 0 Å². The van der Waals surface area contributed by atoms with Crippen LogP contribution in [0.2, 0.25) is 0 Å². The molecular formula is C97H96BF24N3Pd. The molecule has 680 valence electrons. The van der Waals surface area contributed by atoms with E-state index >= 15 is 0 Å². The van der Waals surface area contributed by atoms with Gasteiger partial charge in [0.05, 0.1) is 62.0 Å². The molecule has 2 saturated heterocycles. The first-order chi connectivity index (χ1) is 56.4. The van der Waals surface area contributed by atoms with Gasteiger partial charge in [0.1, 0.15) is 6.15 Å². The Bertz CT molecular complexity index is 4750. The zero-order valence-corrected chi connectivity index (χ0v) is 74.1. The van der Waals surface area contributed by atoms with Gasteiger partial charge in [0.25, 0.3) is 0 Å². The summed E-state index contributed by atoms with van der Waals surface area (Å²) < 4.78 is 341. The van der Waals surface area contributed by atoms with Gasteiger partial charge in [-0.3, -0.25) is 0 Å². The molecule has 2 fully saturated rings. The van der Waals surface area contributed by atoms with Crippen molar-refractivity contribution in [2.45, 2.75) is 227 Å². The topological polar surface area (TPSA) is 29.8 Å². The van der Waals surface area contributed by atoms with E-state index in [1.807, 2.05) is 0 Å². The zero-order valence-electron chi connectivity index (χ0n) is 72.6. The van der Waals surface area contributed by atoms with E-state index in [1.165, 1.54) is 96.2 Å². The number of hydrogen-bond donors (Lipinski definition) is 0. The van der Waals surface area contributed by atoms with Gasteiger partial charge in [0.15, 0.2) is 0 Å². The van der Waals surface area contributed by atoms with Crippen molar-refractivity contribution in [3.8, 4) is 50.6 Å². The number of rotatable bonds is 10. The summed E-state index contributed by atoms with van der Waals surface area (Å²) in [4.78, 5) is 5.17. The largest absolute Gasteiger partial charge is 2.00 e. The number of nitrogens with zero attached hydrogens (tertiary/aromatic N) is 3. The minimum absolute atomic E-state index is 0. The summed E-state index contributed by atoms with van der Waals surface area (Å²) in [5.74, 6) is 0. The Labute approximate surface area is 733 Å². The molecule has 0 bridgehead atoms. The molecule has 0 spiro atoms. The van der Waals surface area contributed by atoms with Gasteiger partial charge in [-0.2, -0.15) is 132 Å². The van der Waals surface area contributed by atoms with Gasteiger partial charge in [-0.25, -0.2) is 0 Å². The van der Waals surface area contributed by atoms with Crippen molar-refractivity contribution in [3.05, 3.63) is 279 Å². The molecule has 2 aliphatic rings. The van der Waals surface area contributed by atoms with Crippen LogP contribution < -0.4 is 31.7 Å². The molecule has 2 heterocycles. The van der Waals surface area contributed by atoms with Crippen LogP contribution in [0.25, 0.3) is 44.5 Å². The van der Waals surface area contributed by atoms with E-state index in [9.17, 15) is 105 Å². The van der Waals surface area contributed by atoms with Gasteiger partial charge in [-0.05, 0) is 167 Å². The monoisotopic (exact) mass is 1880 g/mol. The van der Waals surface area contributed by atoms with Crippen molar-refractivity contribution in [2.24, 2.45) is 0 Å². The SMILES string of the molecule is CC#N.Cc1cc(-c2ccc(C(C)(C)C)cc2)c(N2C(C)C2C)c(-c2ccc(C(C)(C)C)cc2)c1.Cc1cc(-c2ccc(C(C)(C)C)cc2)c(N2C(C)C2C)c(-c2ccc(C(C)(C)C)cc2)c1.FC(F)(F)c1cc([B-](c2cc(C(F)(F)F)cc(C(F)(F)F)c2)(c2cc(C(F)(F)F)cc(C(F)(F)F)c2)c2cc(C(F)(F)F)cc(C(F)(F)F)c2)cc(C(F)(F)F)c1.[CH3-].[Pd+2]. The Morgan fingerprint density at radius 1 is 0.254 bits per heavy atom. The fourth-order valence-electron chi connectivity index (χ4n) is 15.5. The Kier molecular flexibility index (Phi) is 29.9. The fourth-order valence-corrected chi connectivity index (χ4v) is 15.5. The Morgan fingerprint density at radius 3 is 0.500 bits per heavy atom. The van der Waals surface area contributed by atoms with Crippen LogP contribution in [0.15, 0.2) is 194 Å². The van der Waals surface area contributed by atoms with E-state index in [0.29, 0.717) is 24.2 Å². The molecule has 0 aromatic heterocycles. The third-order valence-electron chi connectivity index (χ3n) is 22.7. The molecule has 2 aliphatic heterocycles. The van der Waals surface area contributed by atoms with Crippen LogP contribution in [0.4, 0.5) is 117 Å². The van der Waals surface area contributed by atoms with Crippen molar-refractivity contribution in [1.29, 1.82) is 5.26 Å². The summed E-state index contributed by atoms with van der Waals surface area (Å²) in [5, 5.41) is 7.32. The zero-order chi connectivity index (χ0) is 93.5. The minimum atomic E-state index is -6.13. The maximum Gasteiger partial charge on any atom is 2.00 e. The van der Waals surface area contributed by atoms with Gasteiger partial charge in [0.2, 0.25) is 0 Å². The predicted molar refractivity (Wildman–Crippen MR) is 449 cm³/mol. The van der Waals surface area contributed by atoms with Gasteiger partial charge >= 0.3 is 69.8 Å². The summed E-state index contributed by atoms with van der Waals surface area (Å²) in [5.41, 5.74) is -8.09. The van der Waals surface area contributed by atoms with E-state index in [1.54, 1.807) is 6.07 Å². The van der Waals surface area contributed by atoms with Gasteiger partial charge < -0.3 is 17.2 Å².